The van der Waals surface area contributed by atoms with Gasteiger partial charge in [-0.05, 0) is 32.1 Å². The van der Waals surface area contributed by atoms with E-state index in [9.17, 15) is 9.59 Å². The van der Waals surface area contributed by atoms with E-state index in [1.165, 1.54) is 19.3 Å². The second-order valence-electron chi connectivity index (χ2n) is 6.13. The summed E-state index contributed by atoms with van der Waals surface area (Å²) >= 11 is 0. The van der Waals surface area contributed by atoms with Gasteiger partial charge in [0, 0.05) is 25.0 Å². The lowest BCUT2D eigenvalue weighted by Gasteiger charge is -2.30. The first kappa shape index (κ1) is 15.1. The molecule has 2 aliphatic carbocycles. The van der Waals surface area contributed by atoms with Crippen LogP contribution in [-0.4, -0.2) is 31.1 Å². The Labute approximate surface area is 121 Å². The molecule has 0 saturated heterocycles. The Morgan fingerprint density at radius 1 is 0.850 bits per heavy atom. The third kappa shape index (κ3) is 4.39. The summed E-state index contributed by atoms with van der Waals surface area (Å²) in [5, 5.41) is 8.83. The van der Waals surface area contributed by atoms with Crippen molar-refractivity contribution in [2.45, 2.75) is 69.9 Å². The van der Waals surface area contributed by atoms with E-state index in [0.29, 0.717) is 6.04 Å². The van der Waals surface area contributed by atoms with E-state index in [-0.39, 0.29) is 23.9 Å². The van der Waals surface area contributed by atoms with Gasteiger partial charge in [-0.15, -0.1) is 0 Å². The lowest BCUT2D eigenvalue weighted by molar-refractivity contribution is -0.125. The number of amides is 3. The molecule has 0 bridgehead atoms. The molecule has 0 aliphatic heterocycles. The fourth-order valence-corrected chi connectivity index (χ4v) is 3.42. The minimum absolute atomic E-state index is 0.0498. The van der Waals surface area contributed by atoms with Crippen molar-refractivity contribution < 1.29 is 9.59 Å². The summed E-state index contributed by atoms with van der Waals surface area (Å²) in [5.41, 5.74) is 0. The van der Waals surface area contributed by atoms with Gasteiger partial charge in [-0.1, -0.05) is 25.7 Å². The molecule has 0 spiro atoms. The zero-order chi connectivity index (χ0) is 14.4. The molecule has 2 atom stereocenters. The Bertz CT molecular complexity index is 340. The molecule has 3 N–H and O–H groups in total. The molecule has 0 radical (unpaired) electrons. The Balaban J connectivity index is 1.74. The highest BCUT2D eigenvalue weighted by Gasteiger charge is 2.28. The molecule has 5 heteroatoms. The molecular weight excluding hydrogens is 254 g/mol. The number of carbonyl (C=O) groups excluding carboxylic acids is 2. The van der Waals surface area contributed by atoms with Crippen LogP contribution in [0.25, 0.3) is 0 Å². The van der Waals surface area contributed by atoms with Crippen LogP contribution in [0.3, 0.4) is 0 Å². The minimum Gasteiger partial charge on any atom is -0.359 e. The third-order valence-corrected chi connectivity index (χ3v) is 4.57. The summed E-state index contributed by atoms with van der Waals surface area (Å²) < 4.78 is 0. The van der Waals surface area contributed by atoms with Crippen molar-refractivity contribution in [3.8, 4) is 0 Å². The van der Waals surface area contributed by atoms with E-state index < -0.39 is 0 Å². The topological polar surface area (TPSA) is 70.2 Å². The van der Waals surface area contributed by atoms with Crippen LogP contribution < -0.4 is 16.0 Å². The van der Waals surface area contributed by atoms with Crippen molar-refractivity contribution in [3.63, 3.8) is 0 Å². The number of urea groups is 1. The fourth-order valence-electron chi connectivity index (χ4n) is 3.42. The van der Waals surface area contributed by atoms with Gasteiger partial charge in [0.25, 0.3) is 0 Å². The van der Waals surface area contributed by atoms with Gasteiger partial charge in [0.2, 0.25) is 5.91 Å². The summed E-state index contributed by atoms with van der Waals surface area (Å²) in [6, 6.07) is 0.413. The zero-order valence-corrected chi connectivity index (χ0v) is 12.4. The maximum Gasteiger partial charge on any atom is 0.315 e. The Morgan fingerprint density at radius 3 is 2.20 bits per heavy atom. The van der Waals surface area contributed by atoms with Crippen molar-refractivity contribution in [2.24, 2.45) is 5.92 Å². The molecule has 2 fully saturated rings. The standard InChI is InChI=1S/C15H27N3O2/c1-16-14(19)11-6-5-9-13(10-11)18-15(20)17-12-7-3-2-4-8-12/h11-13H,2-10H2,1H3,(H,16,19)(H2,17,18,20). The summed E-state index contributed by atoms with van der Waals surface area (Å²) in [6.45, 7) is 0. The molecule has 2 unspecified atom stereocenters. The van der Waals surface area contributed by atoms with Crippen molar-refractivity contribution >= 4 is 11.9 Å². The number of nitrogens with one attached hydrogen (secondary N) is 3. The molecule has 114 valence electrons. The highest BCUT2D eigenvalue weighted by Crippen LogP contribution is 2.24. The zero-order valence-electron chi connectivity index (χ0n) is 12.4. The first-order valence-corrected chi connectivity index (χ1v) is 7.97. The maximum atomic E-state index is 12.0. The maximum absolute atomic E-state index is 12.0. The average Bonchev–Trinajstić information content (AvgIpc) is 2.47. The van der Waals surface area contributed by atoms with E-state index >= 15 is 0 Å². The normalized spacial score (nSPS) is 27.6. The van der Waals surface area contributed by atoms with Gasteiger partial charge in [-0.3, -0.25) is 4.79 Å². The lowest BCUT2D eigenvalue weighted by atomic mass is 9.85. The Morgan fingerprint density at radius 2 is 1.50 bits per heavy atom. The van der Waals surface area contributed by atoms with Crippen molar-refractivity contribution in [3.05, 3.63) is 0 Å². The molecular formula is C15H27N3O2. The second kappa shape index (κ2) is 7.50. The monoisotopic (exact) mass is 281 g/mol. The van der Waals surface area contributed by atoms with Gasteiger partial charge in [0.15, 0.2) is 0 Å². The van der Waals surface area contributed by atoms with E-state index in [2.05, 4.69) is 16.0 Å². The molecule has 20 heavy (non-hydrogen) atoms. The van der Waals surface area contributed by atoms with E-state index in [1.54, 1.807) is 7.05 Å². The largest absolute Gasteiger partial charge is 0.359 e. The van der Waals surface area contributed by atoms with Crippen molar-refractivity contribution in [2.75, 3.05) is 7.05 Å². The first-order valence-electron chi connectivity index (χ1n) is 7.97. The van der Waals surface area contributed by atoms with E-state index in [1.807, 2.05) is 0 Å². The van der Waals surface area contributed by atoms with Crippen LogP contribution in [0.1, 0.15) is 57.8 Å². The van der Waals surface area contributed by atoms with Gasteiger partial charge in [-0.25, -0.2) is 4.79 Å². The molecule has 0 heterocycles. The van der Waals surface area contributed by atoms with Gasteiger partial charge in [0.05, 0.1) is 0 Å². The predicted molar refractivity (Wildman–Crippen MR) is 78.4 cm³/mol. The third-order valence-electron chi connectivity index (χ3n) is 4.57. The van der Waals surface area contributed by atoms with Crippen molar-refractivity contribution in [1.82, 2.24) is 16.0 Å². The van der Waals surface area contributed by atoms with Crippen LogP contribution in [0.2, 0.25) is 0 Å². The van der Waals surface area contributed by atoms with Crippen LogP contribution in [0.5, 0.6) is 0 Å². The van der Waals surface area contributed by atoms with E-state index in [0.717, 1.165) is 38.5 Å². The van der Waals surface area contributed by atoms with E-state index in [4.69, 9.17) is 0 Å². The number of hydrogen-bond donors (Lipinski definition) is 3. The predicted octanol–water partition coefficient (Wildman–Crippen LogP) is 1.92. The first-order chi connectivity index (χ1) is 9.69. The Kier molecular flexibility index (Phi) is 5.68. The summed E-state index contributed by atoms with van der Waals surface area (Å²) in [5.74, 6) is 0.151. The van der Waals surface area contributed by atoms with Gasteiger partial charge in [0.1, 0.15) is 0 Å². The number of rotatable bonds is 3. The molecule has 2 aliphatic rings. The number of carbonyl (C=O) groups is 2. The van der Waals surface area contributed by atoms with Gasteiger partial charge >= 0.3 is 6.03 Å². The number of hydrogen-bond acceptors (Lipinski definition) is 2. The second-order valence-corrected chi connectivity index (χ2v) is 6.13. The van der Waals surface area contributed by atoms with Crippen molar-refractivity contribution in [1.29, 1.82) is 0 Å². The highest BCUT2D eigenvalue weighted by molar-refractivity contribution is 5.79. The van der Waals surface area contributed by atoms with Crippen LogP contribution in [0.4, 0.5) is 4.79 Å². The van der Waals surface area contributed by atoms with Crippen LogP contribution in [0.15, 0.2) is 0 Å². The molecule has 3 amide bonds. The molecule has 2 saturated carbocycles. The average molecular weight is 281 g/mol. The quantitative estimate of drug-likeness (QED) is 0.739. The summed E-state index contributed by atoms with van der Waals surface area (Å²) in [4.78, 5) is 23.7. The van der Waals surface area contributed by atoms with Crippen LogP contribution in [-0.2, 0) is 4.79 Å². The minimum atomic E-state index is -0.0561. The van der Waals surface area contributed by atoms with Gasteiger partial charge < -0.3 is 16.0 Å². The van der Waals surface area contributed by atoms with Crippen LogP contribution in [0, 0.1) is 5.92 Å². The molecule has 0 aromatic heterocycles. The smallest absolute Gasteiger partial charge is 0.315 e. The summed E-state index contributed by atoms with van der Waals surface area (Å²) in [7, 11) is 1.68. The fraction of sp³-hybridized carbons (Fsp3) is 0.867. The Hall–Kier alpha value is -1.26. The highest BCUT2D eigenvalue weighted by atomic mass is 16.2. The van der Waals surface area contributed by atoms with Crippen LogP contribution >= 0.6 is 0 Å². The van der Waals surface area contributed by atoms with Gasteiger partial charge in [-0.2, -0.15) is 0 Å². The molecule has 0 aromatic rings. The molecule has 2 rings (SSSR count). The summed E-state index contributed by atoms with van der Waals surface area (Å²) in [6.07, 6.45) is 9.59. The SMILES string of the molecule is CNC(=O)C1CCCC(NC(=O)NC2CCCCC2)C1. The molecule has 5 nitrogen and oxygen atoms in total. The molecule has 0 aromatic carbocycles. The lowest BCUT2D eigenvalue weighted by Crippen LogP contribution is -2.49.